The van der Waals surface area contributed by atoms with Crippen molar-refractivity contribution in [1.29, 1.82) is 0 Å². The number of rotatable bonds is 2. The molecule has 7 heteroatoms. The lowest BCUT2D eigenvalue weighted by atomic mass is 10.2. The zero-order valence-corrected chi connectivity index (χ0v) is 11.4. The summed E-state index contributed by atoms with van der Waals surface area (Å²) in [5.41, 5.74) is 0.470. The van der Waals surface area contributed by atoms with Crippen molar-refractivity contribution < 1.29 is 9.72 Å². The van der Waals surface area contributed by atoms with Crippen LogP contribution in [0.3, 0.4) is 0 Å². The maximum Gasteiger partial charge on any atom is 0.347 e. The van der Waals surface area contributed by atoms with Crippen LogP contribution in [0.4, 0.5) is 16.2 Å². The summed E-state index contributed by atoms with van der Waals surface area (Å²) in [6, 6.07) is 5.57. The Balaban J connectivity index is 2.01. The molecular formula is C13H16N4O3. The second kappa shape index (κ2) is 5.68. The molecule has 106 valence electrons. The van der Waals surface area contributed by atoms with Gasteiger partial charge < -0.3 is 10.2 Å². The SMILES string of the molecule is CC1CC/C(=N/C(=O)Nc2ccc([N+](=O)[O-])cc2)N1C. The van der Waals surface area contributed by atoms with Gasteiger partial charge in [-0.15, -0.1) is 0 Å². The Bertz CT molecular complexity index is 553. The van der Waals surface area contributed by atoms with Crippen molar-refractivity contribution in [3.05, 3.63) is 34.4 Å². The molecular weight excluding hydrogens is 260 g/mol. The van der Waals surface area contributed by atoms with E-state index in [9.17, 15) is 14.9 Å². The van der Waals surface area contributed by atoms with Gasteiger partial charge in [0.1, 0.15) is 5.84 Å². The van der Waals surface area contributed by atoms with Crippen LogP contribution >= 0.6 is 0 Å². The van der Waals surface area contributed by atoms with Gasteiger partial charge in [0.15, 0.2) is 0 Å². The van der Waals surface area contributed by atoms with E-state index in [2.05, 4.69) is 17.2 Å². The fourth-order valence-corrected chi connectivity index (χ4v) is 2.03. The molecule has 1 aliphatic rings. The second-order valence-corrected chi connectivity index (χ2v) is 4.76. The monoisotopic (exact) mass is 276 g/mol. The van der Waals surface area contributed by atoms with Crippen LogP contribution in [0.2, 0.25) is 0 Å². The first-order valence-corrected chi connectivity index (χ1v) is 6.33. The van der Waals surface area contributed by atoms with Crippen molar-refractivity contribution in [1.82, 2.24) is 4.90 Å². The number of likely N-dealkylation sites (tertiary alicyclic amines) is 1. The number of amidine groups is 1. The Labute approximate surface area is 116 Å². The predicted molar refractivity (Wildman–Crippen MR) is 76.0 cm³/mol. The highest BCUT2D eigenvalue weighted by molar-refractivity contribution is 6.00. The number of anilines is 1. The highest BCUT2D eigenvalue weighted by atomic mass is 16.6. The highest BCUT2D eigenvalue weighted by Crippen LogP contribution is 2.18. The maximum absolute atomic E-state index is 11.8. The van der Waals surface area contributed by atoms with E-state index in [-0.39, 0.29) is 5.69 Å². The molecule has 1 aromatic carbocycles. The van der Waals surface area contributed by atoms with Crippen LogP contribution < -0.4 is 5.32 Å². The van der Waals surface area contributed by atoms with Gasteiger partial charge in [-0.3, -0.25) is 10.1 Å². The normalized spacial score (nSPS) is 20.2. The highest BCUT2D eigenvalue weighted by Gasteiger charge is 2.22. The Kier molecular flexibility index (Phi) is 3.97. The van der Waals surface area contributed by atoms with Crippen LogP contribution in [0, 0.1) is 10.1 Å². The molecule has 1 atom stereocenters. The van der Waals surface area contributed by atoms with Crippen LogP contribution in [-0.2, 0) is 0 Å². The molecule has 0 spiro atoms. The zero-order chi connectivity index (χ0) is 14.7. The largest absolute Gasteiger partial charge is 0.360 e. The summed E-state index contributed by atoms with van der Waals surface area (Å²) in [4.78, 5) is 27.8. The van der Waals surface area contributed by atoms with E-state index in [1.54, 1.807) is 0 Å². The van der Waals surface area contributed by atoms with E-state index in [1.807, 2.05) is 11.9 Å². The molecule has 0 radical (unpaired) electrons. The quantitative estimate of drug-likeness (QED) is 0.664. The summed E-state index contributed by atoms with van der Waals surface area (Å²) >= 11 is 0. The molecule has 1 N–H and O–H groups in total. The first kappa shape index (κ1) is 14.0. The number of non-ortho nitro benzene ring substituents is 1. The first-order chi connectivity index (χ1) is 9.47. The smallest absolute Gasteiger partial charge is 0.347 e. The van der Waals surface area contributed by atoms with Crippen LogP contribution in [0.25, 0.3) is 0 Å². The van der Waals surface area contributed by atoms with Gasteiger partial charge in [0.2, 0.25) is 0 Å². The number of amides is 2. The number of carbonyl (C=O) groups excluding carboxylic acids is 1. The predicted octanol–water partition coefficient (Wildman–Crippen LogP) is 2.64. The van der Waals surface area contributed by atoms with Gasteiger partial charge in [-0.2, -0.15) is 4.99 Å². The lowest BCUT2D eigenvalue weighted by molar-refractivity contribution is -0.384. The van der Waals surface area contributed by atoms with Crippen molar-refractivity contribution >= 4 is 23.2 Å². The Morgan fingerprint density at radius 3 is 2.60 bits per heavy atom. The van der Waals surface area contributed by atoms with Gasteiger partial charge in [0, 0.05) is 37.3 Å². The number of nitrogens with zero attached hydrogens (tertiary/aromatic N) is 3. The van der Waals surface area contributed by atoms with Crippen molar-refractivity contribution in [2.24, 2.45) is 4.99 Å². The van der Waals surface area contributed by atoms with Crippen molar-refractivity contribution in [2.75, 3.05) is 12.4 Å². The number of hydrogen-bond donors (Lipinski definition) is 1. The topological polar surface area (TPSA) is 87.8 Å². The van der Waals surface area contributed by atoms with Crippen LogP contribution in [0.15, 0.2) is 29.3 Å². The number of nitrogens with one attached hydrogen (secondary N) is 1. The molecule has 1 aromatic rings. The number of nitro groups is 1. The minimum absolute atomic E-state index is 0.0151. The van der Waals surface area contributed by atoms with E-state index < -0.39 is 11.0 Å². The average Bonchev–Trinajstić information content (AvgIpc) is 2.71. The fourth-order valence-electron chi connectivity index (χ4n) is 2.03. The van der Waals surface area contributed by atoms with Gasteiger partial charge in [-0.1, -0.05) is 0 Å². The molecule has 1 aliphatic heterocycles. The maximum atomic E-state index is 11.8. The van der Waals surface area contributed by atoms with Gasteiger partial charge in [0.25, 0.3) is 5.69 Å². The summed E-state index contributed by atoms with van der Waals surface area (Å²) in [6.07, 6.45) is 1.77. The molecule has 20 heavy (non-hydrogen) atoms. The summed E-state index contributed by atoms with van der Waals surface area (Å²) in [5, 5.41) is 13.1. The summed E-state index contributed by atoms with van der Waals surface area (Å²) in [7, 11) is 1.91. The summed E-state index contributed by atoms with van der Waals surface area (Å²) < 4.78 is 0. The Morgan fingerprint density at radius 2 is 2.10 bits per heavy atom. The molecule has 1 fully saturated rings. The Morgan fingerprint density at radius 1 is 1.45 bits per heavy atom. The van der Waals surface area contributed by atoms with Crippen molar-refractivity contribution in [3.63, 3.8) is 0 Å². The summed E-state index contributed by atoms with van der Waals surface area (Å²) in [5.74, 6) is 0.761. The number of hydrogen-bond acceptors (Lipinski definition) is 3. The van der Waals surface area contributed by atoms with E-state index in [1.165, 1.54) is 24.3 Å². The standard InChI is InChI=1S/C13H16N4O3/c1-9-3-8-12(16(9)2)15-13(18)14-10-4-6-11(7-5-10)17(19)20/h4-7,9H,3,8H2,1-2H3,(H,14,18)/b15-12-. The zero-order valence-electron chi connectivity index (χ0n) is 11.4. The average molecular weight is 276 g/mol. The number of benzene rings is 1. The fraction of sp³-hybridized carbons (Fsp3) is 0.385. The molecule has 1 saturated heterocycles. The van der Waals surface area contributed by atoms with Gasteiger partial charge in [0.05, 0.1) is 4.92 Å². The third-order valence-electron chi connectivity index (χ3n) is 3.41. The van der Waals surface area contributed by atoms with Gasteiger partial charge >= 0.3 is 6.03 Å². The molecule has 7 nitrogen and oxygen atoms in total. The molecule has 0 bridgehead atoms. The van der Waals surface area contributed by atoms with Crippen molar-refractivity contribution in [3.8, 4) is 0 Å². The molecule has 0 aromatic heterocycles. The molecule has 1 unspecified atom stereocenters. The number of aliphatic imine (C=N–C) groups is 1. The molecule has 2 amide bonds. The molecule has 0 saturated carbocycles. The molecule has 0 aliphatic carbocycles. The van der Waals surface area contributed by atoms with E-state index in [0.29, 0.717) is 11.7 Å². The van der Waals surface area contributed by atoms with Gasteiger partial charge in [-0.05, 0) is 25.5 Å². The van der Waals surface area contributed by atoms with E-state index in [4.69, 9.17) is 0 Å². The molecule has 2 rings (SSSR count). The van der Waals surface area contributed by atoms with Crippen LogP contribution in [-0.4, -0.2) is 34.8 Å². The molecule has 1 heterocycles. The third kappa shape index (κ3) is 3.11. The number of urea groups is 1. The third-order valence-corrected chi connectivity index (χ3v) is 3.41. The van der Waals surface area contributed by atoms with E-state index in [0.717, 1.165) is 18.7 Å². The lowest BCUT2D eigenvalue weighted by Crippen LogP contribution is -2.27. The summed E-state index contributed by atoms with van der Waals surface area (Å²) in [6.45, 7) is 2.08. The lowest BCUT2D eigenvalue weighted by Gasteiger charge is -2.17. The van der Waals surface area contributed by atoms with Crippen LogP contribution in [0.1, 0.15) is 19.8 Å². The first-order valence-electron chi connectivity index (χ1n) is 6.33. The second-order valence-electron chi connectivity index (χ2n) is 4.76. The van der Waals surface area contributed by atoms with Crippen LogP contribution in [0.5, 0.6) is 0 Å². The number of nitro benzene ring substituents is 1. The Hall–Kier alpha value is -2.44. The van der Waals surface area contributed by atoms with Crippen molar-refractivity contribution in [2.45, 2.75) is 25.8 Å². The van der Waals surface area contributed by atoms with E-state index >= 15 is 0 Å². The number of carbonyl (C=O) groups is 1. The minimum atomic E-state index is -0.485. The minimum Gasteiger partial charge on any atom is -0.360 e. The van der Waals surface area contributed by atoms with Gasteiger partial charge in [-0.25, -0.2) is 4.79 Å².